The Balaban J connectivity index is 1.74. The lowest BCUT2D eigenvalue weighted by Gasteiger charge is -2.42. The summed E-state index contributed by atoms with van der Waals surface area (Å²) in [7, 11) is 0. The third kappa shape index (κ3) is 4.27. The molecule has 148 valence electrons. The molecule has 28 heavy (non-hydrogen) atoms. The summed E-state index contributed by atoms with van der Waals surface area (Å²) in [6.45, 7) is 10.8. The van der Waals surface area contributed by atoms with Crippen LogP contribution in [0.5, 0.6) is 0 Å². The summed E-state index contributed by atoms with van der Waals surface area (Å²) < 4.78 is 0. The molecular formula is C22H28N4OS. The maximum Gasteiger partial charge on any atom is 0.238 e. The highest BCUT2D eigenvalue weighted by Crippen LogP contribution is 2.44. The van der Waals surface area contributed by atoms with Crippen LogP contribution in [0.4, 0.5) is 5.00 Å². The van der Waals surface area contributed by atoms with E-state index in [0.717, 1.165) is 22.4 Å². The molecule has 1 aromatic heterocycles. The van der Waals surface area contributed by atoms with Gasteiger partial charge in [0.25, 0.3) is 0 Å². The second-order valence-corrected chi connectivity index (χ2v) is 9.62. The van der Waals surface area contributed by atoms with E-state index in [2.05, 4.69) is 49.7 Å². The Morgan fingerprint density at radius 1 is 1.29 bits per heavy atom. The normalized spacial score (nSPS) is 18.0. The van der Waals surface area contributed by atoms with Crippen LogP contribution in [0.25, 0.3) is 0 Å². The number of nitriles is 1. The Labute approximate surface area is 171 Å². The van der Waals surface area contributed by atoms with Crippen molar-refractivity contribution in [2.75, 3.05) is 11.9 Å². The average Bonchev–Trinajstić information content (AvgIpc) is 2.96. The van der Waals surface area contributed by atoms with E-state index in [4.69, 9.17) is 0 Å². The van der Waals surface area contributed by atoms with E-state index >= 15 is 0 Å². The van der Waals surface area contributed by atoms with Crippen LogP contribution in [-0.2, 0) is 16.8 Å². The van der Waals surface area contributed by atoms with Gasteiger partial charge in [-0.25, -0.2) is 0 Å². The van der Waals surface area contributed by atoms with Gasteiger partial charge >= 0.3 is 0 Å². The maximum atomic E-state index is 12.5. The van der Waals surface area contributed by atoms with E-state index in [-0.39, 0.29) is 29.6 Å². The monoisotopic (exact) mass is 396 g/mol. The van der Waals surface area contributed by atoms with Gasteiger partial charge in [0, 0.05) is 22.0 Å². The number of rotatable bonds is 5. The smallest absolute Gasteiger partial charge is 0.238 e. The number of amides is 1. The molecule has 1 aromatic carbocycles. The Morgan fingerprint density at radius 2 is 1.96 bits per heavy atom. The minimum atomic E-state index is -0.240. The number of carbonyl (C=O) groups excluding carboxylic acids is 1. The fourth-order valence-electron chi connectivity index (χ4n) is 4.01. The minimum Gasteiger partial charge on any atom is -0.315 e. The highest BCUT2D eigenvalue weighted by molar-refractivity contribution is 7.17. The number of carbonyl (C=O) groups is 1. The minimum absolute atomic E-state index is 0.0721. The molecule has 0 unspecified atom stereocenters. The lowest BCUT2D eigenvalue weighted by atomic mass is 9.81. The van der Waals surface area contributed by atoms with Gasteiger partial charge in [0.15, 0.2) is 0 Å². The molecular weight excluding hydrogens is 368 g/mol. The zero-order valence-corrected chi connectivity index (χ0v) is 18.0. The van der Waals surface area contributed by atoms with Crippen LogP contribution in [0.2, 0.25) is 0 Å². The first-order valence-corrected chi connectivity index (χ1v) is 10.4. The van der Waals surface area contributed by atoms with E-state index in [9.17, 15) is 10.1 Å². The van der Waals surface area contributed by atoms with Crippen LogP contribution < -0.4 is 16.0 Å². The number of thiophene rings is 1. The van der Waals surface area contributed by atoms with E-state index < -0.39 is 0 Å². The highest BCUT2D eigenvalue weighted by atomic mass is 32.1. The number of hydrogen-bond acceptors (Lipinski definition) is 5. The zero-order valence-electron chi connectivity index (χ0n) is 17.1. The highest BCUT2D eigenvalue weighted by Gasteiger charge is 2.40. The summed E-state index contributed by atoms with van der Waals surface area (Å²) >= 11 is 1.51. The largest absolute Gasteiger partial charge is 0.315 e. The maximum absolute atomic E-state index is 12.5. The van der Waals surface area contributed by atoms with E-state index in [1.165, 1.54) is 11.3 Å². The van der Waals surface area contributed by atoms with Gasteiger partial charge in [-0.1, -0.05) is 30.3 Å². The summed E-state index contributed by atoms with van der Waals surface area (Å²) in [5.41, 5.74) is 2.46. The molecule has 2 heterocycles. The fraction of sp³-hybridized carbons (Fsp3) is 0.455. The summed E-state index contributed by atoms with van der Waals surface area (Å²) in [6, 6.07) is 12.4. The van der Waals surface area contributed by atoms with Crippen molar-refractivity contribution in [3.8, 4) is 6.07 Å². The SMILES string of the molecule is C[C@H](NCC(=O)Nc1sc2c(c1C#N)CC(C)(C)NC2(C)C)c1ccccc1. The quantitative estimate of drug-likeness (QED) is 0.712. The third-order valence-corrected chi connectivity index (χ3v) is 6.55. The predicted molar refractivity (Wildman–Crippen MR) is 114 cm³/mol. The van der Waals surface area contributed by atoms with E-state index in [1.54, 1.807) is 0 Å². The van der Waals surface area contributed by atoms with Crippen LogP contribution in [-0.4, -0.2) is 18.0 Å². The Bertz CT molecular complexity index is 909. The molecule has 1 aliphatic heterocycles. The Kier molecular flexibility index (Phi) is 5.62. The van der Waals surface area contributed by atoms with E-state index in [1.807, 2.05) is 37.3 Å². The second-order valence-electron chi connectivity index (χ2n) is 8.60. The summed E-state index contributed by atoms with van der Waals surface area (Å²) in [6.07, 6.45) is 0.768. The molecule has 0 radical (unpaired) electrons. The number of benzene rings is 1. The average molecular weight is 397 g/mol. The molecule has 0 aliphatic carbocycles. The van der Waals surface area contributed by atoms with Crippen LogP contribution in [0, 0.1) is 11.3 Å². The van der Waals surface area contributed by atoms with Crippen LogP contribution in [0.3, 0.4) is 0 Å². The molecule has 5 nitrogen and oxygen atoms in total. The van der Waals surface area contributed by atoms with Crippen molar-refractivity contribution < 1.29 is 4.79 Å². The van der Waals surface area contributed by atoms with Crippen molar-refractivity contribution in [3.05, 3.63) is 51.9 Å². The fourth-order valence-corrected chi connectivity index (χ4v) is 5.25. The number of nitrogens with zero attached hydrogens (tertiary/aromatic N) is 1. The number of hydrogen-bond donors (Lipinski definition) is 3. The Hall–Kier alpha value is -2.20. The lowest BCUT2D eigenvalue weighted by Crippen LogP contribution is -2.54. The summed E-state index contributed by atoms with van der Waals surface area (Å²) in [5.74, 6) is -0.136. The summed E-state index contributed by atoms with van der Waals surface area (Å²) in [4.78, 5) is 13.7. The lowest BCUT2D eigenvalue weighted by molar-refractivity contribution is -0.115. The van der Waals surface area contributed by atoms with Gasteiger partial charge in [-0.05, 0) is 52.2 Å². The zero-order chi connectivity index (χ0) is 20.5. The van der Waals surface area contributed by atoms with Crippen molar-refractivity contribution in [2.45, 2.75) is 58.2 Å². The molecule has 1 amide bonds. The first-order valence-electron chi connectivity index (χ1n) is 9.57. The molecule has 3 N–H and O–H groups in total. The molecule has 1 atom stereocenters. The molecule has 0 saturated heterocycles. The molecule has 0 fully saturated rings. The van der Waals surface area contributed by atoms with Crippen LogP contribution in [0.15, 0.2) is 30.3 Å². The van der Waals surface area contributed by atoms with Gasteiger partial charge in [-0.2, -0.15) is 5.26 Å². The van der Waals surface area contributed by atoms with Gasteiger partial charge < -0.3 is 16.0 Å². The molecule has 6 heteroatoms. The predicted octanol–water partition coefficient (Wildman–Crippen LogP) is 4.07. The molecule has 0 spiro atoms. The van der Waals surface area contributed by atoms with Crippen molar-refractivity contribution >= 4 is 22.2 Å². The molecule has 3 rings (SSSR count). The number of nitrogens with one attached hydrogen (secondary N) is 3. The van der Waals surface area contributed by atoms with Gasteiger partial charge in [-0.15, -0.1) is 11.3 Å². The first kappa shape index (κ1) is 20.5. The van der Waals surface area contributed by atoms with Crippen molar-refractivity contribution in [2.24, 2.45) is 0 Å². The standard InChI is InChI=1S/C22H28N4OS/c1-14(15-9-7-6-8-10-15)24-13-18(27)25-20-17(12-23)16-11-21(2,3)26-22(4,5)19(16)28-20/h6-10,14,24,26H,11,13H2,1-5H3,(H,25,27)/t14-/m0/s1. The number of anilines is 1. The van der Waals surface area contributed by atoms with Crippen molar-refractivity contribution in [3.63, 3.8) is 0 Å². The second kappa shape index (κ2) is 7.67. The number of fused-ring (bicyclic) bond motifs is 1. The van der Waals surface area contributed by atoms with Crippen molar-refractivity contribution in [1.82, 2.24) is 10.6 Å². The third-order valence-electron chi connectivity index (χ3n) is 5.08. The van der Waals surface area contributed by atoms with Crippen LogP contribution >= 0.6 is 11.3 Å². The van der Waals surface area contributed by atoms with Gasteiger partial charge in [-0.3, -0.25) is 4.79 Å². The first-order chi connectivity index (χ1) is 13.1. The molecule has 1 aliphatic rings. The molecule has 2 aromatic rings. The van der Waals surface area contributed by atoms with E-state index in [0.29, 0.717) is 10.6 Å². The van der Waals surface area contributed by atoms with Gasteiger partial charge in [0.05, 0.1) is 12.1 Å². The topological polar surface area (TPSA) is 77.0 Å². The molecule has 0 saturated carbocycles. The Morgan fingerprint density at radius 3 is 2.61 bits per heavy atom. The van der Waals surface area contributed by atoms with Crippen LogP contribution in [0.1, 0.15) is 62.2 Å². The van der Waals surface area contributed by atoms with Gasteiger partial charge in [0.2, 0.25) is 5.91 Å². The molecule has 0 bridgehead atoms. The summed E-state index contributed by atoms with van der Waals surface area (Å²) in [5, 5.41) is 20.2. The van der Waals surface area contributed by atoms with Gasteiger partial charge in [0.1, 0.15) is 11.1 Å². The van der Waals surface area contributed by atoms with Crippen molar-refractivity contribution in [1.29, 1.82) is 5.26 Å².